The van der Waals surface area contributed by atoms with Crippen molar-refractivity contribution in [3.05, 3.63) is 0 Å². The first kappa shape index (κ1) is 9.34. The number of carboxylic acid groups (broad SMARTS) is 1. The zero-order valence-electron chi connectivity index (χ0n) is 4.01. The predicted molar refractivity (Wildman–Crippen MR) is 26.3 cm³/mol. The second kappa shape index (κ2) is 8.87. The van der Waals surface area contributed by atoms with Crippen molar-refractivity contribution in [1.29, 1.82) is 5.41 Å². The van der Waals surface area contributed by atoms with E-state index in [1.165, 1.54) is 0 Å². The molecule has 0 saturated heterocycles. The quantitative estimate of drug-likeness (QED) is 0.171. The number of rotatable bonds is 0. The molecule has 4 N–H and O–H groups in total. The summed E-state index contributed by atoms with van der Waals surface area (Å²) in [5.41, 5.74) is 4.39. The maximum absolute atomic E-state index is 9.00. The van der Waals surface area contributed by atoms with Crippen molar-refractivity contribution in [1.82, 2.24) is 0 Å². The van der Waals surface area contributed by atoms with Gasteiger partial charge in [0.1, 0.15) is 0 Å². The van der Waals surface area contributed by atoms with E-state index < -0.39 is 5.97 Å². The number of nitrogens with two attached hydrogens (primary N) is 1. The van der Waals surface area contributed by atoms with Crippen LogP contribution in [0.2, 0.25) is 0 Å². The molecule has 0 amide bonds. The number of hydrogen-bond acceptors (Lipinski definition) is 2. The zero-order valence-corrected chi connectivity index (χ0v) is 4.01. The first-order chi connectivity index (χ1) is 3.15. The molecule has 0 spiro atoms. The fraction of sp³-hybridized carbons (Fsp3) is 0.333. The topological polar surface area (TPSA) is 87.2 Å². The van der Waals surface area contributed by atoms with Gasteiger partial charge >= 0.3 is 0 Å². The highest BCUT2D eigenvalue weighted by molar-refractivity contribution is 5.62. The average molecular weight is 107 g/mol. The lowest BCUT2D eigenvalue weighted by atomic mass is 10.9. The zero-order chi connectivity index (χ0) is 6.28. The van der Waals surface area contributed by atoms with Crippen molar-refractivity contribution < 1.29 is 9.90 Å². The Morgan fingerprint density at radius 1 is 2.00 bits per heavy atom. The number of carboxylic acids is 1. The van der Waals surface area contributed by atoms with Gasteiger partial charge in [-0.15, -0.1) is 0 Å². The van der Waals surface area contributed by atoms with E-state index in [0.717, 1.165) is 13.3 Å². The highest BCUT2D eigenvalue weighted by Gasteiger charge is 1.65. The molecule has 0 aliphatic carbocycles. The highest BCUT2D eigenvalue weighted by Crippen LogP contribution is 1.42. The second-order valence-corrected chi connectivity index (χ2v) is 0.686. The summed E-state index contributed by atoms with van der Waals surface area (Å²) in [4.78, 5) is 9.00. The molecule has 0 radical (unpaired) electrons. The molecule has 0 heterocycles. The predicted octanol–water partition coefficient (Wildman–Crippen LogP) is -0.357. The molecule has 0 saturated carbocycles. The third-order valence-corrected chi connectivity index (χ3v) is 0. The van der Waals surface area contributed by atoms with Crippen LogP contribution in [0.1, 0.15) is 6.92 Å². The fourth-order valence-corrected chi connectivity index (χ4v) is 0. The fourth-order valence-electron chi connectivity index (χ4n) is 0. The summed E-state index contributed by atoms with van der Waals surface area (Å²) in [5.74, 6) is -0.833. The minimum absolute atomic E-state index is 0.750. The third kappa shape index (κ3) is 38.0. The van der Waals surface area contributed by atoms with Crippen LogP contribution in [0.3, 0.4) is 0 Å². The molecule has 0 atom stereocenters. The lowest BCUT2D eigenvalue weighted by Crippen LogP contribution is -1.81. The molecule has 0 aromatic carbocycles. The van der Waals surface area contributed by atoms with E-state index >= 15 is 0 Å². The Labute approximate surface area is 41.5 Å². The minimum Gasteiger partial charge on any atom is -0.481 e. The van der Waals surface area contributed by atoms with Gasteiger partial charge in [0.15, 0.2) is 0 Å². The average Bonchev–Trinajstić information content (AvgIpc) is 1.33. The van der Waals surface area contributed by atoms with E-state index in [1.54, 1.807) is 0 Å². The maximum Gasteiger partial charge on any atom is 0.300 e. The van der Waals surface area contributed by atoms with E-state index in [9.17, 15) is 0 Å². The molecule has 0 aromatic rings. The summed E-state index contributed by atoms with van der Waals surface area (Å²) in [5, 5.41) is 13.3. The molecule has 4 nitrogen and oxygen atoms in total. The number of carbonyl (C=O) groups is 1. The minimum atomic E-state index is -0.833. The largest absolute Gasteiger partial charge is 0.481 e. The molecule has 0 bridgehead atoms. The summed E-state index contributed by atoms with van der Waals surface area (Å²) in [6.07, 6.45) is 0.750. The Bertz CT molecular complexity index is 58.0. The van der Waals surface area contributed by atoms with E-state index in [0.29, 0.717) is 0 Å². The first-order valence-electron chi connectivity index (χ1n) is 1.55. The van der Waals surface area contributed by atoms with Crippen LogP contribution in [0, 0.1) is 5.41 Å². The van der Waals surface area contributed by atoms with Crippen LogP contribution in [-0.2, 0) is 4.79 Å². The van der Waals surface area contributed by atoms with Crippen molar-refractivity contribution in [3.8, 4) is 0 Å². The molecule has 0 aromatic heterocycles. The van der Waals surface area contributed by atoms with Crippen LogP contribution < -0.4 is 5.73 Å². The molecule has 42 valence electrons. The summed E-state index contributed by atoms with van der Waals surface area (Å²) < 4.78 is 0. The van der Waals surface area contributed by atoms with Gasteiger partial charge in [-0.3, -0.25) is 10.2 Å². The van der Waals surface area contributed by atoms with Crippen LogP contribution in [0.15, 0.2) is 0 Å². The Morgan fingerprint density at radius 2 is 2.00 bits per heavy atom. The van der Waals surface area contributed by atoms with E-state index in [4.69, 9.17) is 15.3 Å². The Balaban J connectivity index is 0. The number of nitrogens with one attached hydrogen (secondary N) is 1. The molecule has 0 aliphatic rings. The van der Waals surface area contributed by atoms with Crippen molar-refractivity contribution in [2.75, 3.05) is 0 Å². The smallest absolute Gasteiger partial charge is 0.300 e. The molecule has 7 heavy (non-hydrogen) atoms. The lowest BCUT2D eigenvalue weighted by Gasteiger charge is -1.59. The second-order valence-electron chi connectivity index (χ2n) is 0.686. The SMILES string of the molecule is CC(=O)O.[15NH]=[13CH][15NH2]. The monoisotopic (exact) mass is 107 g/mol. The van der Waals surface area contributed by atoms with Gasteiger partial charge in [-0.05, 0) is 0 Å². The van der Waals surface area contributed by atoms with E-state index in [1.807, 2.05) is 0 Å². The Hall–Kier alpha value is -1.06. The number of aliphatic carboxylic acids is 1. The standard InChI is InChI=1S/C2H4O2.CH4N2/c1-2(3)4;2-1-3/h1H3,(H,3,4);1H,(H3,2,3)/i;1+1,2+1,3+1. The van der Waals surface area contributed by atoms with Crippen molar-refractivity contribution in [2.24, 2.45) is 5.73 Å². The molecular weight excluding hydrogens is 99.0 g/mol. The molecule has 0 rings (SSSR count). The van der Waals surface area contributed by atoms with Gasteiger partial charge in [-0.2, -0.15) is 0 Å². The van der Waals surface area contributed by atoms with Crippen LogP contribution in [0.5, 0.6) is 0 Å². The molecule has 0 unspecified atom stereocenters. The first-order valence-corrected chi connectivity index (χ1v) is 1.55. The van der Waals surface area contributed by atoms with Gasteiger partial charge in [0.25, 0.3) is 5.97 Å². The van der Waals surface area contributed by atoms with Gasteiger partial charge in [-0.1, -0.05) is 0 Å². The summed E-state index contributed by atoms with van der Waals surface area (Å²) in [6.45, 7) is 1.08. The summed E-state index contributed by atoms with van der Waals surface area (Å²) in [6, 6.07) is 0. The van der Waals surface area contributed by atoms with Gasteiger partial charge in [0.2, 0.25) is 0 Å². The highest BCUT2D eigenvalue weighted by atomic mass is 16.4. The van der Waals surface area contributed by atoms with Crippen molar-refractivity contribution in [3.63, 3.8) is 0 Å². The van der Waals surface area contributed by atoms with Gasteiger partial charge in [0, 0.05) is 6.92 Å². The van der Waals surface area contributed by atoms with Gasteiger partial charge in [0.05, 0.1) is 6.34 Å². The maximum atomic E-state index is 9.00. The lowest BCUT2D eigenvalue weighted by molar-refractivity contribution is -0.134. The molecule has 4 heteroatoms. The number of hydrogen-bond donors (Lipinski definition) is 3. The van der Waals surface area contributed by atoms with Crippen molar-refractivity contribution >= 4 is 12.3 Å². The normalized spacial score (nSPS) is 5.29. The van der Waals surface area contributed by atoms with Gasteiger partial charge in [-0.25, -0.2) is 0 Å². The van der Waals surface area contributed by atoms with Gasteiger partial charge < -0.3 is 10.8 Å². The van der Waals surface area contributed by atoms with E-state index in [2.05, 4.69) is 5.73 Å². The van der Waals surface area contributed by atoms with Crippen LogP contribution >= 0.6 is 0 Å². The molecule has 0 aliphatic heterocycles. The van der Waals surface area contributed by atoms with Crippen LogP contribution in [0.4, 0.5) is 0 Å². The molecular formula is C3H8N2O2. The summed E-state index contributed by atoms with van der Waals surface area (Å²) in [7, 11) is 0. The van der Waals surface area contributed by atoms with Crippen LogP contribution in [-0.4, -0.2) is 17.4 Å². The molecule has 0 fully saturated rings. The summed E-state index contributed by atoms with van der Waals surface area (Å²) >= 11 is 0. The Morgan fingerprint density at radius 3 is 2.00 bits per heavy atom. The van der Waals surface area contributed by atoms with Crippen LogP contribution in [0.25, 0.3) is 0 Å². The Kier molecular flexibility index (Phi) is 11.8. The third-order valence-electron chi connectivity index (χ3n) is 0. The van der Waals surface area contributed by atoms with Crippen molar-refractivity contribution in [2.45, 2.75) is 6.92 Å². The van der Waals surface area contributed by atoms with E-state index in [-0.39, 0.29) is 0 Å².